The number of aromatic nitrogens is 1. The van der Waals surface area contributed by atoms with Crippen LogP contribution in [0.5, 0.6) is 0 Å². The van der Waals surface area contributed by atoms with Gasteiger partial charge in [-0.1, -0.05) is 0 Å². The number of piperidine rings is 1. The van der Waals surface area contributed by atoms with E-state index in [0.717, 1.165) is 18.9 Å². The molecule has 0 amide bonds. The third-order valence-corrected chi connectivity index (χ3v) is 3.08. The van der Waals surface area contributed by atoms with Crippen LogP contribution < -0.4 is 10.2 Å². The number of nitrogens with one attached hydrogen (secondary N) is 1. The van der Waals surface area contributed by atoms with E-state index in [-0.39, 0.29) is 0 Å². The summed E-state index contributed by atoms with van der Waals surface area (Å²) in [5, 5.41) is 3.43. The highest BCUT2D eigenvalue weighted by molar-refractivity contribution is 5.41. The lowest BCUT2D eigenvalue weighted by Crippen LogP contribution is -2.44. The second-order valence-corrected chi connectivity index (χ2v) is 4.30. The Bertz CT molecular complexity index is 318. The molecule has 1 aliphatic rings. The van der Waals surface area contributed by atoms with Crippen LogP contribution in [0.15, 0.2) is 18.3 Å². The number of nitrogens with zero attached hydrogens (tertiary/aromatic N) is 2. The minimum atomic E-state index is 0.591. The first-order valence-corrected chi connectivity index (χ1v) is 5.63. The maximum atomic E-state index is 4.41. The van der Waals surface area contributed by atoms with Gasteiger partial charge in [0, 0.05) is 25.8 Å². The lowest BCUT2D eigenvalue weighted by molar-refractivity contribution is 0.443. The standard InChI is InChI=1S/C12H19N3/c1-10-5-7-14-12(8-10)15(2)11-4-3-6-13-9-11/h5,7-8,11,13H,3-4,6,9H2,1-2H3/t11-/m1/s1. The summed E-state index contributed by atoms with van der Waals surface area (Å²) in [6.45, 7) is 4.34. The van der Waals surface area contributed by atoms with E-state index in [1.807, 2.05) is 12.3 Å². The Labute approximate surface area is 91.5 Å². The van der Waals surface area contributed by atoms with Gasteiger partial charge < -0.3 is 10.2 Å². The van der Waals surface area contributed by atoms with Crippen molar-refractivity contribution in [2.45, 2.75) is 25.8 Å². The molecule has 15 heavy (non-hydrogen) atoms. The van der Waals surface area contributed by atoms with Crippen molar-refractivity contribution in [2.75, 3.05) is 25.0 Å². The highest BCUT2D eigenvalue weighted by Gasteiger charge is 2.18. The van der Waals surface area contributed by atoms with Gasteiger partial charge in [0.2, 0.25) is 0 Å². The average Bonchev–Trinajstić information content (AvgIpc) is 2.29. The highest BCUT2D eigenvalue weighted by Crippen LogP contribution is 2.17. The zero-order chi connectivity index (χ0) is 10.7. The molecule has 0 unspecified atom stereocenters. The van der Waals surface area contributed by atoms with Crippen LogP contribution in [0.2, 0.25) is 0 Å². The molecular weight excluding hydrogens is 186 g/mol. The summed E-state index contributed by atoms with van der Waals surface area (Å²) in [6.07, 6.45) is 4.41. The molecule has 1 aromatic heterocycles. The number of hydrogen-bond acceptors (Lipinski definition) is 3. The molecule has 1 aliphatic heterocycles. The Morgan fingerprint density at radius 1 is 1.53 bits per heavy atom. The van der Waals surface area contributed by atoms with Gasteiger partial charge in [0.05, 0.1) is 0 Å². The predicted molar refractivity (Wildman–Crippen MR) is 63.3 cm³/mol. The Morgan fingerprint density at radius 2 is 2.40 bits per heavy atom. The fraction of sp³-hybridized carbons (Fsp3) is 0.583. The van der Waals surface area contributed by atoms with Crippen molar-refractivity contribution in [3.8, 4) is 0 Å². The molecule has 3 nitrogen and oxygen atoms in total. The van der Waals surface area contributed by atoms with E-state index < -0.39 is 0 Å². The Morgan fingerprint density at radius 3 is 3.07 bits per heavy atom. The van der Waals surface area contributed by atoms with Crippen LogP contribution in [0, 0.1) is 6.92 Å². The van der Waals surface area contributed by atoms with Gasteiger partial charge in [-0.05, 0) is 44.0 Å². The second kappa shape index (κ2) is 4.62. The Balaban J connectivity index is 2.08. The number of hydrogen-bond donors (Lipinski definition) is 1. The van der Waals surface area contributed by atoms with Crippen LogP contribution in [0.25, 0.3) is 0 Å². The molecule has 1 saturated heterocycles. The van der Waals surface area contributed by atoms with Gasteiger partial charge in [-0.15, -0.1) is 0 Å². The highest BCUT2D eigenvalue weighted by atomic mass is 15.2. The Hall–Kier alpha value is -1.09. The number of rotatable bonds is 2. The molecule has 0 aromatic carbocycles. The van der Waals surface area contributed by atoms with E-state index in [9.17, 15) is 0 Å². The normalized spacial score (nSPS) is 21.3. The third-order valence-electron chi connectivity index (χ3n) is 3.08. The number of pyridine rings is 1. The SMILES string of the molecule is Cc1ccnc(N(C)[C@@H]2CCCNC2)c1. The molecule has 2 heterocycles. The number of aryl methyl sites for hydroxylation is 1. The van der Waals surface area contributed by atoms with Crippen molar-refractivity contribution >= 4 is 5.82 Å². The van der Waals surface area contributed by atoms with Crippen molar-refractivity contribution in [1.82, 2.24) is 10.3 Å². The molecule has 1 fully saturated rings. The molecule has 0 saturated carbocycles. The van der Waals surface area contributed by atoms with Crippen molar-refractivity contribution < 1.29 is 0 Å². The first kappa shape index (κ1) is 10.4. The topological polar surface area (TPSA) is 28.2 Å². The van der Waals surface area contributed by atoms with Gasteiger partial charge >= 0.3 is 0 Å². The van der Waals surface area contributed by atoms with E-state index in [4.69, 9.17) is 0 Å². The summed E-state index contributed by atoms with van der Waals surface area (Å²) in [7, 11) is 2.14. The van der Waals surface area contributed by atoms with Gasteiger partial charge in [0.25, 0.3) is 0 Å². The van der Waals surface area contributed by atoms with Gasteiger partial charge in [0.15, 0.2) is 0 Å². The zero-order valence-corrected chi connectivity index (χ0v) is 9.53. The minimum Gasteiger partial charge on any atom is -0.355 e. The van der Waals surface area contributed by atoms with Crippen LogP contribution in [0.3, 0.4) is 0 Å². The molecular formula is C12H19N3. The fourth-order valence-corrected chi connectivity index (χ4v) is 2.06. The van der Waals surface area contributed by atoms with Crippen molar-refractivity contribution in [3.05, 3.63) is 23.9 Å². The molecule has 3 heteroatoms. The van der Waals surface area contributed by atoms with E-state index >= 15 is 0 Å². The predicted octanol–water partition coefficient (Wildman–Crippen LogP) is 1.58. The van der Waals surface area contributed by atoms with Crippen LogP contribution in [-0.2, 0) is 0 Å². The molecule has 1 atom stereocenters. The van der Waals surface area contributed by atoms with Crippen LogP contribution >= 0.6 is 0 Å². The maximum Gasteiger partial charge on any atom is 0.128 e. The van der Waals surface area contributed by atoms with Crippen molar-refractivity contribution in [1.29, 1.82) is 0 Å². The lowest BCUT2D eigenvalue weighted by Gasteiger charge is -2.32. The molecule has 1 aromatic rings. The largest absolute Gasteiger partial charge is 0.355 e. The number of anilines is 1. The second-order valence-electron chi connectivity index (χ2n) is 4.30. The number of likely N-dealkylation sites (N-methyl/N-ethyl adjacent to an activating group) is 1. The van der Waals surface area contributed by atoms with Gasteiger partial charge in [-0.3, -0.25) is 0 Å². The van der Waals surface area contributed by atoms with Crippen molar-refractivity contribution in [3.63, 3.8) is 0 Å². The summed E-state index contributed by atoms with van der Waals surface area (Å²) in [5.74, 6) is 1.09. The molecule has 82 valence electrons. The molecule has 2 rings (SSSR count). The monoisotopic (exact) mass is 205 g/mol. The molecule has 0 spiro atoms. The van der Waals surface area contributed by atoms with E-state index in [2.05, 4.69) is 35.2 Å². The smallest absolute Gasteiger partial charge is 0.128 e. The molecule has 0 radical (unpaired) electrons. The quantitative estimate of drug-likeness (QED) is 0.794. The Kier molecular flexibility index (Phi) is 3.21. The van der Waals surface area contributed by atoms with E-state index in [1.54, 1.807) is 0 Å². The molecule has 1 N–H and O–H groups in total. The average molecular weight is 205 g/mol. The summed E-state index contributed by atoms with van der Waals surface area (Å²) in [4.78, 5) is 6.70. The maximum absolute atomic E-state index is 4.41. The minimum absolute atomic E-state index is 0.591. The fourth-order valence-electron chi connectivity index (χ4n) is 2.06. The summed E-state index contributed by atoms with van der Waals surface area (Å²) in [5.41, 5.74) is 1.27. The van der Waals surface area contributed by atoms with Gasteiger partial charge in [0.1, 0.15) is 5.82 Å². The van der Waals surface area contributed by atoms with Crippen molar-refractivity contribution in [2.24, 2.45) is 0 Å². The lowest BCUT2D eigenvalue weighted by atomic mass is 10.1. The van der Waals surface area contributed by atoms with E-state index in [0.29, 0.717) is 6.04 Å². The van der Waals surface area contributed by atoms with Crippen LogP contribution in [0.4, 0.5) is 5.82 Å². The van der Waals surface area contributed by atoms with Crippen LogP contribution in [0.1, 0.15) is 18.4 Å². The van der Waals surface area contributed by atoms with Gasteiger partial charge in [-0.25, -0.2) is 4.98 Å². The summed E-state index contributed by atoms with van der Waals surface area (Å²) >= 11 is 0. The molecule has 0 bridgehead atoms. The van der Waals surface area contributed by atoms with E-state index in [1.165, 1.54) is 18.4 Å². The summed E-state index contributed by atoms with van der Waals surface area (Å²) in [6, 6.07) is 4.78. The first-order valence-electron chi connectivity index (χ1n) is 5.63. The van der Waals surface area contributed by atoms with Crippen LogP contribution in [-0.4, -0.2) is 31.2 Å². The first-order chi connectivity index (χ1) is 7.27. The molecule has 0 aliphatic carbocycles. The van der Waals surface area contributed by atoms with Gasteiger partial charge in [-0.2, -0.15) is 0 Å². The third kappa shape index (κ3) is 2.48. The zero-order valence-electron chi connectivity index (χ0n) is 9.53. The summed E-state index contributed by atoms with van der Waals surface area (Å²) < 4.78 is 0.